The summed E-state index contributed by atoms with van der Waals surface area (Å²) in [4.78, 5) is 11.8. The van der Waals surface area contributed by atoms with Crippen molar-refractivity contribution in [3.63, 3.8) is 0 Å². The zero-order chi connectivity index (χ0) is 15.8. The highest BCUT2D eigenvalue weighted by molar-refractivity contribution is 7.89. The summed E-state index contributed by atoms with van der Waals surface area (Å²) in [5.41, 5.74) is -0.221. The topological polar surface area (TPSA) is 98.5 Å². The second-order valence-electron chi connectivity index (χ2n) is 4.44. The molecule has 0 aromatic heterocycles. The van der Waals surface area contributed by atoms with Crippen LogP contribution in [0.15, 0.2) is 11.0 Å². The first-order valence-corrected chi connectivity index (χ1v) is 8.48. The van der Waals surface area contributed by atoms with E-state index in [-0.39, 0.29) is 26.7 Å². The Bertz CT molecular complexity index is 687. The normalized spacial score (nSPS) is 18.8. The molecule has 0 aliphatic carbocycles. The number of rotatable bonds is 3. The maximum atomic E-state index is 12.2. The van der Waals surface area contributed by atoms with Crippen molar-refractivity contribution in [1.82, 2.24) is 5.32 Å². The molecule has 0 saturated carbocycles. The molecule has 116 valence electrons. The van der Waals surface area contributed by atoms with Gasteiger partial charge in [0.05, 0.1) is 33.3 Å². The lowest BCUT2D eigenvalue weighted by molar-refractivity contribution is 0.0930. The summed E-state index contributed by atoms with van der Waals surface area (Å²) in [5.74, 6) is -0.632. The van der Waals surface area contributed by atoms with Gasteiger partial charge in [0.2, 0.25) is 10.0 Å². The van der Waals surface area contributed by atoms with Crippen molar-refractivity contribution in [3.05, 3.63) is 26.7 Å². The summed E-state index contributed by atoms with van der Waals surface area (Å²) in [5, 5.41) is 7.08. The van der Waals surface area contributed by atoms with E-state index in [9.17, 15) is 13.2 Å². The molecule has 2 rings (SSSR count). The molecule has 1 fully saturated rings. The van der Waals surface area contributed by atoms with Crippen LogP contribution in [0.3, 0.4) is 0 Å². The number of carbonyl (C=O) groups is 1. The monoisotopic (exact) mass is 372 g/mol. The highest BCUT2D eigenvalue weighted by Crippen LogP contribution is 2.36. The maximum Gasteiger partial charge on any atom is 0.254 e. The van der Waals surface area contributed by atoms with E-state index < -0.39 is 20.8 Å². The fraction of sp³-hybridized carbons (Fsp3) is 0.364. The van der Waals surface area contributed by atoms with Gasteiger partial charge in [0.25, 0.3) is 5.91 Å². The Labute approximate surface area is 136 Å². The third-order valence-electron chi connectivity index (χ3n) is 2.92. The molecule has 1 saturated heterocycles. The van der Waals surface area contributed by atoms with Crippen LogP contribution in [0.1, 0.15) is 16.8 Å². The SMILES string of the molecule is NS(=O)(=O)c1cc(Cl)c(Cl)c(C(=O)NC2CCOC2)c1Cl. The number of hydrogen-bond acceptors (Lipinski definition) is 4. The predicted octanol–water partition coefficient (Wildman–Crippen LogP) is 1.81. The third kappa shape index (κ3) is 3.61. The minimum atomic E-state index is -4.14. The Hall–Kier alpha value is -0.570. The minimum Gasteiger partial charge on any atom is -0.379 e. The van der Waals surface area contributed by atoms with Gasteiger partial charge in [-0.1, -0.05) is 34.8 Å². The molecule has 0 bridgehead atoms. The van der Waals surface area contributed by atoms with Crippen LogP contribution < -0.4 is 10.5 Å². The molecule has 3 N–H and O–H groups in total. The van der Waals surface area contributed by atoms with Gasteiger partial charge in [0, 0.05) is 6.61 Å². The van der Waals surface area contributed by atoms with Crippen molar-refractivity contribution >= 4 is 50.7 Å². The van der Waals surface area contributed by atoms with E-state index in [4.69, 9.17) is 44.7 Å². The Kier molecular flexibility index (Phi) is 5.02. The number of ether oxygens (including phenoxy) is 1. The number of halogens is 3. The van der Waals surface area contributed by atoms with E-state index in [1.165, 1.54) is 0 Å². The molecule has 0 spiro atoms. The number of primary sulfonamides is 1. The van der Waals surface area contributed by atoms with E-state index in [1.54, 1.807) is 0 Å². The van der Waals surface area contributed by atoms with Crippen LogP contribution in [0.4, 0.5) is 0 Å². The zero-order valence-electron chi connectivity index (χ0n) is 10.5. The fourth-order valence-corrected chi connectivity index (χ4v) is 3.64. The van der Waals surface area contributed by atoms with E-state index in [2.05, 4.69) is 5.32 Å². The lowest BCUT2D eigenvalue weighted by Gasteiger charge is -2.15. The van der Waals surface area contributed by atoms with Crippen molar-refractivity contribution in [2.75, 3.05) is 13.2 Å². The Morgan fingerprint density at radius 1 is 1.33 bits per heavy atom. The zero-order valence-corrected chi connectivity index (χ0v) is 13.6. The van der Waals surface area contributed by atoms with Crippen molar-refractivity contribution in [2.24, 2.45) is 5.14 Å². The van der Waals surface area contributed by atoms with Crippen molar-refractivity contribution in [3.8, 4) is 0 Å². The lowest BCUT2D eigenvalue weighted by Crippen LogP contribution is -2.35. The second kappa shape index (κ2) is 6.28. The molecular weight excluding hydrogens is 363 g/mol. The van der Waals surface area contributed by atoms with Gasteiger partial charge in [-0.25, -0.2) is 13.6 Å². The molecule has 1 aromatic rings. The molecule has 6 nitrogen and oxygen atoms in total. The number of nitrogens with one attached hydrogen (secondary N) is 1. The lowest BCUT2D eigenvalue weighted by atomic mass is 10.1. The molecule has 1 aromatic carbocycles. The molecule has 1 aliphatic rings. The smallest absolute Gasteiger partial charge is 0.254 e. The highest BCUT2D eigenvalue weighted by atomic mass is 35.5. The Morgan fingerprint density at radius 2 is 2.00 bits per heavy atom. The van der Waals surface area contributed by atoms with Crippen LogP contribution in [-0.4, -0.2) is 33.6 Å². The second-order valence-corrected chi connectivity index (χ2v) is 7.13. The van der Waals surface area contributed by atoms with Crippen LogP contribution in [0.25, 0.3) is 0 Å². The van der Waals surface area contributed by atoms with Gasteiger partial charge in [-0.15, -0.1) is 0 Å². The predicted molar refractivity (Wildman–Crippen MR) is 79.5 cm³/mol. The first-order valence-electron chi connectivity index (χ1n) is 5.80. The van der Waals surface area contributed by atoms with E-state index in [0.717, 1.165) is 6.07 Å². The first-order chi connectivity index (χ1) is 9.71. The first kappa shape index (κ1) is 16.8. The quantitative estimate of drug-likeness (QED) is 0.789. The van der Waals surface area contributed by atoms with E-state index in [0.29, 0.717) is 19.6 Å². The van der Waals surface area contributed by atoms with E-state index in [1.807, 2.05) is 0 Å². The van der Waals surface area contributed by atoms with Gasteiger partial charge >= 0.3 is 0 Å². The Morgan fingerprint density at radius 3 is 2.52 bits per heavy atom. The summed E-state index contributed by atoms with van der Waals surface area (Å²) in [6.45, 7) is 0.897. The largest absolute Gasteiger partial charge is 0.379 e. The molecular formula is C11H11Cl3N2O4S. The van der Waals surface area contributed by atoms with Gasteiger partial charge in [0.15, 0.2) is 0 Å². The van der Waals surface area contributed by atoms with Crippen molar-refractivity contribution < 1.29 is 17.9 Å². The number of sulfonamides is 1. The summed E-state index contributed by atoms with van der Waals surface area (Å²) < 4.78 is 28.1. The summed E-state index contributed by atoms with van der Waals surface area (Å²) >= 11 is 17.8. The molecule has 21 heavy (non-hydrogen) atoms. The molecule has 1 unspecified atom stereocenters. The van der Waals surface area contributed by atoms with Crippen LogP contribution in [-0.2, 0) is 14.8 Å². The summed E-state index contributed by atoms with van der Waals surface area (Å²) in [6.07, 6.45) is 0.642. The van der Waals surface area contributed by atoms with Gasteiger partial charge < -0.3 is 10.1 Å². The summed E-state index contributed by atoms with van der Waals surface area (Å²) in [6, 6.07) is 0.818. The van der Waals surface area contributed by atoms with Crippen LogP contribution in [0, 0.1) is 0 Å². The standard InChI is InChI=1S/C11H11Cl3N2O4S/c12-6-3-7(21(15,18)19)10(14)8(9(6)13)11(17)16-5-1-2-20-4-5/h3,5H,1-2,4H2,(H,16,17)(H2,15,18,19). The minimum absolute atomic E-state index is 0.127. The van der Waals surface area contributed by atoms with Crippen LogP contribution in [0.2, 0.25) is 15.1 Å². The van der Waals surface area contributed by atoms with Gasteiger partial charge in [-0.05, 0) is 12.5 Å². The van der Waals surface area contributed by atoms with Gasteiger partial charge in [-0.3, -0.25) is 4.79 Å². The number of hydrogen-bond donors (Lipinski definition) is 2. The van der Waals surface area contributed by atoms with Crippen LogP contribution in [0.5, 0.6) is 0 Å². The molecule has 10 heteroatoms. The average Bonchev–Trinajstić information content (AvgIpc) is 2.85. The number of benzene rings is 1. The molecule has 1 atom stereocenters. The van der Waals surface area contributed by atoms with Gasteiger partial charge in [-0.2, -0.15) is 0 Å². The average molecular weight is 374 g/mol. The molecule has 1 amide bonds. The number of nitrogens with two attached hydrogens (primary N) is 1. The molecule has 0 radical (unpaired) electrons. The highest BCUT2D eigenvalue weighted by Gasteiger charge is 2.27. The molecule has 1 heterocycles. The maximum absolute atomic E-state index is 12.2. The molecule has 1 aliphatic heterocycles. The fourth-order valence-electron chi connectivity index (χ4n) is 1.89. The Balaban J connectivity index is 2.46. The third-order valence-corrected chi connectivity index (χ3v) is 5.15. The van der Waals surface area contributed by atoms with Crippen LogP contribution >= 0.6 is 34.8 Å². The van der Waals surface area contributed by atoms with Crippen molar-refractivity contribution in [2.45, 2.75) is 17.4 Å². The van der Waals surface area contributed by atoms with Crippen molar-refractivity contribution in [1.29, 1.82) is 0 Å². The number of amides is 1. The van der Waals surface area contributed by atoms with Gasteiger partial charge in [0.1, 0.15) is 4.90 Å². The number of carbonyl (C=O) groups excluding carboxylic acids is 1. The van der Waals surface area contributed by atoms with E-state index >= 15 is 0 Å². The summed E-state index contributed by atoms with van der Waals surface area (Å²) in [7, 11) is -4.14.